The first-order chi connectivity index (χ1) is 6.06. The highest BCUT2D eigenvalue weighted by Crippen LogP contribution is 2.23. The van der Waals surface area contributed by atoms with Gasteiger partial charge in [-0.15, -0.1) is 0 Å². The molecule has 0 amide bonds. The maximum absolute atomic E-state index is 13.3. The van der Waals surface area contributed by atoms with Gasteiger partial charge in [0.25, 0.3) is 0 Å². The number of hydrogen-bond donors (Lipinski definition) is 0. The summed E-state index contributed by atoms with van der Waals surface area (Å²) in [6.07, 6.45) is 0. The van der Waals surface area contributed by atoms with Crippen molar-refractivity contribution in [3.05, 3.63) is 31.6 Å². The predicted molar refractivity (Wildman–Crippen MR) is 64.9 cm³/mol. The van der Waals surface area contributed by atoms with Crippen LogP contribution < -0.4 is 0 Å². The van der Waals surface area contributed by atoms with E-state index < -0.39 is 5.82 Å². The minimum Gasteiger partial charge on any atom is -0.293 e. The maximum atomic E-state index is 13.3. The molecule has 0 bridgehead atoms. The molecule has 0 N–H and O–H groups in total. The zero-order valence-electron chi connectivity index (χ0n) is 6.28. The highest BCUT2D eigenvalue weighted by atomic mass is 127. The number of halogens is 4. The molecule has 0 aromatic heterocycles. The Bertz CT molecular complexity index is 354. The fourth-order valence-electron chi connectivity index (χ4n) is 0.831. The van der Waals surface area contributed by atoms with Crippen LogP contribution in [0.2, 0.25) is 0 Å². The standard InChI is InChI=1S/C8H4Br2FIO/c9-3-7(13)5-1-4(12)2-6(10)8(5)11/h1-2H,3H2. The van der Waals surface area contributed by atoms with Gasteiger partial charge in [0.05, 0.1) is 15.4 Å². The molecule has 0 aliphatic carbocycles. The lowest BCUT2D eigenvalue weighted by atomic mass is 10.1. The average Bonchev–Trinajstić information content (AvgIpc) is 2.10. The van der Waals surface area contributed by atoms with Crippen molar-refractivity contribution in [1.82, 2.24) is 0 Å². The van der Waals surface area contributed by atoms with Gasteiger partial charge in [0, 0.05) is 3.57 Å². The van der Waals surface area contributed by atoms with Crippen LogP contribution in [0.3, 0.4) is 0 Å². The van der Waals surface area contributed by atoms with Crippen LogP contribution in [-0.2, 0) is 0 Å². The van der Waals surface area contributed by atoms with Crippen LogP contribution in [0.4, 0.5) is 4.39 Å². The van der Waals surface area contributed by atoms with Crippen LogP contribution in [0.15, 0.2) is 16.6 Å². The van der Waals surface area contributed by atoms with E-state index in [-0.39, 0.29) is 16.7 Å². The lowest BCUT2D eigenvalue weighted by molar-refractivity contribution is 0.102. The number of hydrogen-bond acceptors (Lipinski definition) is 1. The van der Waals surface area contributed by atoms with E-state index in [1.165, 1.54) is 6.07 Å². The molecule has 0 saturated carbocycles. The molecule has 0 fully saturated rings. The Morgan fingerprint density at radius 1 is 1.54 bits per heavy atom. The minimum absolute atomic E-state index is 0.121. The first-order valence-corrected chi connectivity index (χ1v) is 6.29. The number of carbonyl (C=O) groups is 1. The van der Waals surface area contributed by atoms with E-state index in [1.54, 1.807) is 6.07 Å². The first kappa shape index (κ1) is 11.6. The number of rotatable bonds is 2. The summed E-state index contributed by atoms with van der Waals surface area (Å²) in [4.78, 5) is 11.2. The van der Waals surface area contributed by atoms with E-state index in [9.17, 15) is 9.18 Å². The normalized spacial score (nSPS) is 10.2. The van der Waals surface area contributed by atoms with E-state index in [4.69, 9.17) is 0 Å². The van der Waals surface area contributed by atoms with Gasteiger partial charge in [-0.25, -0.2) is 4.39 Å². The lowest BCUT2D eigenvalue weighted by Crippen LogP contribution is -2.04. The second-order valence-electron chi connectivity index (χ2n) is 2.31. The van der Waals surface area contributed by atoms with Gasteiger partial charge >= 0.3 is 0 Å². The SMILES string of the molecule is O=C(CBr)c1cc(I)cc(Br)c1F. The fourth-order valence-corrected chi connectivity index (χ4v) is 2.64. The third kappa shape index (κ3) is 2.73. The van der Waals surface area contributed by atoms with Gasteiger partial charge in [-0.2, -0.15) is 0 Å². The van der Waals surface area contributed by atoms with Crippen LogP contribution in [0.25, 0.3) is 0 Å². The van der Waals surface area contributed by atoms with Crippen molar-refractivity contribution >= 4 is 60.2 Å². The van der Waals surface area contributed by atoms with Gasteiger partial charge in [-0.1, -0.05) is 15.9 Å². The Kier molecular flexibility index (Phi) is 4.31. The number of ketones is 1. The zero-order chi connectivity index (χ0) is 10.0. The average molecular weight is 422 g/mol. The lowest BCUT2D eigenvalue weighted by Gasteiger charge is -2.02. The molecule has 13 heavy (non-hydrogen) atoms. The van der Waals surface area contributed by atoms with Crippen LogP contribution in [-0.4, -0.2) is 11.1 Å². The second-order valence-corrected chi connectivity index (χ2v) is 4.97. The van der Waals surface area contributed by atoms with Crippen LogP contribution in [0.1, 0.15) is 10.4 Å². The Morgan fingerprint density at radius 3 is 2.69 bits per heavy atom. The molecule has 0 spiro atoms. The number of carbonyl (C=O) groups excluding carboxylic acids is 1. The molecule has 0 saturated heterocycles. The molecule has 0 radical (unpaired) electrons. The molecule has 0 aliphatic rings. The Morgan fingerprint density at radius 2 is 2.15 bits per heavy atom. The predicted octanol–water partition coefficient (Wildman–Crippen LogP) is 3.77. The van der Waals surface area contributed by atoms with E-state index in [0.717, 1.165) is 3.57 Å². The third-order valence-corrected chi connectivity index (χ3v) is 3.12. The highest BCUT2D eigenvalue weighted by Gasteiger charge is 2.13. The van der Waals surface area contributed by atoms with Crippen LogP contribution >= 0.6 is 54.5 Å². The van der Waals surface area contributed by atoms with Gasteiger partial charge in [0.15, 0.2) is 5.78 Å². The van der Waals surface area contributed by atoms with Gasteiger partial charge in [-0.05, 0) is 50.7 Å². The largest absolute Gasteiger partial charge is 0.293 e. The smallest absolute Gasteiger partial charge is 0.176 e. The Balaban J connectivity index is 3.28. The summed E-state index contributed by atoms with van der Waals surface area (Å²) in [6, 6.07) is 3.16. The molecule has 0 unspecified atom stereocenters. The summed E-state index contributed by atoms with van der Waals surface area (Å²) >= 11 is 8.08. The number of Topliss-reactive ketones (excluding diaryl/α,β-unsaturated/α-hetero) is 1. The number of benzene rings is 1. The molecule has 0 atom stereocenters. The van der Waals surface area contributed by atoms with Crippen molar-refractivity contribution in [3.8, 4) is 0 Å². The van der Waals surface area contributed by atoms with Gasteiger partial charge < -0.3 is 0 Å². The van der Waals surface area contributed by atoms with E-state index in [1.807, 2.05) is 22.6 Å². The summed E-state index contributed by atoms with van der Waals surface area (Å²) in [5.74, 6) is -0.749. The first-order valence-electron chi connectivity index (χ1n) is 3.30. The van der Waals surface area contributed by atoms with Crippen LogP contribution in [0.5, 0.6) is 0 Å². The minimum atomic E-state index is -0.495. The molecule has 1 nitrogen and oxygen atoms in total. The quantitative estimate of drug-likeness (QED) is 0.307. The van der Waals surface area contributed by atoms with Crippen LogP contribution in [0, 0.1) is 9.39 Å². The molecule has 0 heterocycles. The van der Waals surface area contributed by atoms with E-state index >= 15 is 0 Å². The maximum Gasteiger partial charge on any atom is 0.176 e. The fraction of sp³-hybridized carbons (Fsp3) is 0.125. The van der Waals surface area contributed by atoms with Crippen molar-refractivity contribution in [2.75, 3.05) is 5.33 Å². The molecule has 70 valence electrons. The molecule has 1 aromatic rings. The number of alkyl halides is 1. The Hall–Kier alpha value is 0.510. The van der Waals surface area contributed by atoms with E-state index in [0.29, 0.717) is 4.47 Å². The monoisotopic (exact) mass is 420 g/mol. The van der Waals surface area contributed by atoms with Crippen molar-refractivity contribution in [2.24, 2.45) is 0 Å². The molecule has 1 rings (SSSR count). The summed E-state index contributed by atoms with van der Waals surface area (Å²) in [5.41, 5.74) is 0.121. The molecular formula is C8H4Br2FIO. The summed E-state index contributed by atoms with van der Waals surface area (Å²) in [6.45, 7) is 0. The second kappa shape index (κ2) is 4.84. The van der Waals surface area contributed by atoms with Crippen molar-refractivity contribution in [3.63, 3.8) is 0 Å². The Labute approximate surface area is 105 Å². The summed E-state index contributed by atoms with van der Waals surface area (Å²) in [5, 5.41) is 0.135. The van der Waals surface area contributed by atoms with Gasteiger partial charge in [0.1, 0.15) is 5.82 Å². The van der Waals surface area contributed by atoms with Crippen molar-refractivity contribution < 1.29 is 9.18 Å². The summed E-state index contributed by atoms with van der Waals surface area (Å²) < 4.78 is 14.5. The van der Waals surface area contributed by atoms with Gasteiger partial charge in [-0.3, -0.25) is 4.79 Å². The van der Waals surface area contributed by atoms with Crippen molar-refractivity contribution in [1.29, 1.82) is 0 Å². The summed E-state index contributed by atoms with van der Waals surface area (Å²) in [7, 11) is 0. The molecule has 1 aromatic carbocycles. The molecular weight excluding hydrogens is 418 g/mol. The zero-order valence-corrected chi connectivity index (χ0v) is 11.6. The van der Waals surface area contributed by atoms with E-state index in [2.05, 4.69) is 31.9 Å². The highest BCUT2D eigenvalue weighted by molar-refractivity contribution is 14.1. The van der Waals surface area contributed by atoms with Gasteiger partial charge in [0.2, 0.25) is 0 Å². The third-order valence-electron chi connectivity index (χ3n) is 1.41. The molecule has 0 aliphatic heterocycles. The van der Waals surface area contributed by atoms with Crippen molar-refractivity contribution in [2.45, 2.75) is 0 Å². The molecule has 5 heteroatoms. The topological polar surface area (TPSA) is 17.1 Å².